The molecule has 1 atom stereocenters. The third kappa shape index (κ3) is 4.36. The van der Waals surface area contributed by atoms with Gasteiger partial charge in [-0.15, -0.1) is 0 Å². The van der Waals surface area contributed by atoms with Crippen LogP contribution >= 0.6 is 0 Å². The van der Waals surface area contributed by atoms with Gasteiger partial charge >= 0.3 is 0 Å². The summed E-state index contributed by atoms with van der Waals surface area (Å²) in [7, 11) is 2.09. The Morgan fingerprint density at radius 1 is 1.53 bits per heavy atom. The van der Waals surface area contributed by atoms with E-state index in [-0.39, 0.29) is 5.56 Å². The lowest BCUT2D eigenvalue weighted by molar-refractivity contribution is 0.0417. The van der Waals surface area contributed by atoms with Crippen LogP contribution in [0.4, 0.5) is 5.69 Å². The average molecular weight is 265 g/mol. The fourth-order valence-corrected chi connectivity index (χ4v) is 2.49. The van der Waals surface area contributed by atoms with Gasteiger partial charge in [-0.3, -0.25) is 4.79 Å². The molecule has 1 aliphatic heterocycles. The van der Waals surface area contributed by atoms with Gasteiger partial charge in [0.05, 0.1) is 6.61 Å². The third-order valence-electron chi connectivity index (χ3n) is 3.55. The number of nitrogens with zero attached hydrogens (tertiary/aromatic N) is 2. The van der Waals surface area contributed by atoms with E-state index in [2.05, 4.69) is 11.9 Å². The van der Waals surface area contributed by atoms with Gasteiger partial charge in [-0.2, -0.15) is 0 Å². The molecule has 1 unspecified atom stereocenters. The Kier molecular flexibility index (Phi) is 4.99. The molecule has 2 heterocycles. The Hall–Kier alpha value is -1.33. The van der Waals surface area contributed by atoms with E-state index in [1.54, 1.807) is 16.8 Å². The summed E-state index contributed by atoms with van der Waals surface area (Å²) in [4.78, 5) is 13.9. The first kappa shape index (κ1) is 14.1. The maximum Gasteiger partial charge on any atom is 0.250 e. The lowest BCUT2D eigenvalue weighted by Gasteiger charge is -2.27. The summed E-state index contributed by atoms with van der Waals surface area (Å²) < 4.78 is 7.15. The molecular weight excluding hydrogens is 242 g/mol. The van der Waals surface area contributed by atoms with Crippen LogP contribution < -0.4 is 11.3 Å². The molecule has 0 spiro atoms. The van der Waals surface area contributed by atoms with Gasteiger partial charge in [0.15, 0.2) is 0 Å². The van der Waals surface area contributed by atoms with Crippen molar-refractivity contribution >= 4 is 5.69 Å². The number of pyridine rings is 1. The predicted molar refractivity (Wildman–Crippen MR) is 76.2 cm³/mol. The summed E-state index contributed by atoms with van der Waals surface area (Å²) in [6.45, 7) is 4.31. The Balaban J connectivity index is 1.80. The maximum atomic E-state index is 11.6. The Labute approximate surface area is 114 Å². The fraction of sp³-hybridized carbons (Fsp3) is 0.643. The second-order valence-corrected chi connectivity index (χ2v) is 5.34. The highest BCUT2D eigenvalue weighted by molar-refractivity contribution is 5.33. The van der Waals surface area contributed by atoms with Crippen molar-refractivity contribution in [3.8, 4) is 0 Å². The lowest BCUT2D eigenvalue weighted by atomic mass is 10.0. The molecule has 0 amide bonds. The number of aromatic nitrogens is 1. The molecule has 1 aliphatic rings. The standard InChI is InChI=1S/C14H23N3O2/c1-16(9-12-3-2-8-19-11-12)6-7-17-10-13(15)4-5-14(17)18/h4-5,10,12H,2-3,6-9,11,15H2,1H3. The summed E-state index contributed by atoms with van der Waals surface area (Å²) in [5.74, 6) is 0.622. The summed E-state index contributed by atoms with van der Waals surface area (Å²) in [5, 5.41) is 0. The van der Waals surface area contributed by atoms with Crippen molar-refractivity contribution in [2.45, 2.75) is 19.4 Å². The molecule has 5 heteroatoms. The monoisotopic (exact) mass is 265 g/mol. The highest BCUT2D eigenvalue weighted by atomic mass is 16.5. The first-order valence-corrected chi connectivity index (χ1v) is 6.87. The first-order valence-electron chi connectivity index (χ1n) is 6.87. The molecule has 2 rings (SSSR count). The van der Waals surface area contributed by atoms with Gasteiger partial charge in [0, 0.05) is 44.2 Å². The molecule has 19 heavy (non-hydrogen) atoms. The molecule has 5 nitrogen and oxygen atoms in total. The van der Waals surface area contributed by atoms with Gasteiger partial charge < -0.3 is 19.9 Å². The van der Waals surface area contributed by atoms with Crippen LogP contribution in [-0.2, 0) is 11.3 Å². The molecule has 1 saturated heterocycles. The fourth-order valence-electron chi connectivity index (χ4n) is 2.49. The van der Waals surface area contributed by atoms with E-state index in [1.165, 1.54) is 12.5 Å². The van der Waals surface area contributed by atoms with E-state index in [1.807, 2.05) is 0 Å². The smallest absolute Gasteiger partial charge is 0.250 e. The van der Waals surface area contributed by atoms with Crippen molar-refractivity contribution in [1.29, 1.82) is 0 Å². The SMILES string of the molecule is CN(CCn1cc(N)ccc1=O)CC1CCCOC1. The van der Waals surface area contributed by atoms with Crippen molar-refractivity contribution in [1.82, 2.24) is 9.47 Å². The maximum absolute atomic E-state index is 11.6. The molecule has 1 fully saturated rings. The molecule has 0 aliphatic carbocycles. The first-order chi connectivity index (χ1) is 9.15. The average Bonchev–Trinajstić information content (AvgIpc) is 2.41. The molecule has 0 aromatic carbocycles. The van der Waals surface area contributed by atoms with Crippen molar-refractivity contribution in [3.05, 3.63) is 28.7 Å². The van der Waals surface area contributed by atoms with Crippen LogP contribution in [0.3, 0.4) is 0 Å². The van der Waals surface area contributed by atoms with Gasteiger partial charge in [-0.25, -0.2) is 0 Å². The van der Waals surface area contributed by atoms with Crippen molar-refractivity contribution in [3.63, 3.8) is 0 Å². The van der Waals surface area contributed by atoms with Gasteiger partial charge in [0.2, 0.25) is 0 Å². The number of hydrogen-bond donors (Lipinski definition) is 1. The van der Waals surface area contributed by atoms with E-state index in [4.69, 9.17) is 10.5 Å². The van der Waals surface area contributed by atoms with Crippen LogP contribution in [-0.4, -0.2) is 42.8 Å². The van der Waals surface area contributed by atoms with Gasteiger partial charge in [0.1, 0.15) is 0 Å². The number of ether oxygens (including phenoxy) is 1. The van der Waals surface area contributed by atoms with E-state index < -0.39 is 0 Å². The van der Waals surface area contributed by atoms with E-state index in [0.717, 1.165) is 32.7 Å². The van der Waals surface area contributed by atoms with E-state index >= 15 is 0 Å². The quantitative estimate of drug-likeness (QED) is 0.855. The minimum Gasteiger partial charge on any atom is -0.398 e. The summed E-state index contributed by atoms with van der Waals surface area (Å²) in [5.41, 5.74) is 6.32. The number of anilines is 1. The lowest BCUT2D eigenvalue weighted by Crippen LogP contribution is -2.34. The van der Waals surface area contributed by atoms with Crippen molar-refractivity contribution < 1.29 is 4.74 Å². The summed E-state index contributed by atoms with van der Waals surface area (Å²) >= 11 is 0. The zero-order valence-corrected chi connectivity index (χ0v) is 11.5. The Bertz CT molecular complexity index is 452. The van der Waals surface area contributed by atoms with Crippen LogP contribution in [0.2, 0.25) is 0 Å². The molecule has 1 aromatic rings. The predicted octanol–water partition coefficient (Wildman–Crippen LogP) is 0.789. The normalized spacial score (nSPS) is 19.8. The highest BCUT2D eigenvalue weighted by Gasteiger charge is 2.15. The van der Waals surface area contributed by atoms with Crippen LogP contribution in [0.15, 0.2) is 23.1 Å². The Morgan fingerprint density at radius 2 is 2.37 bits per heavy atom. The number of likely N-dealkylation sites (N-methyl/N-ethyl adjacent to an activating group) is 1. The molecule has 0 radical (unpaired) electrons. The molecule has 1 aromatic heterocycles. The molecule has 2 N–H and O–H groups in total. The second kappa shape index (κ2) is 6.73. The summed E-state index contributed by atoms with van der Waals surface area (Å²) in [6.07, 6.45) is 4.11. The molecule has 0 bridgehead atoms. The topological polar surface area (TPSA) is 60.5 Å². The summed E-state index contributed by atoms with van der Waals surface area (Å²) in [6, 6.07) is 3.16. The minimum atomic E-state index is 0.00333. The van der Waals surface area contributed by atoms with E-state index in [9.17, 15) is 4.79 Å². The number of nitrogen functional groups attached to an aromatic ring is 1. The van der Waals surface area contributed by atoms with Gasteiger partial charge in [-0.05, 0) is 31.9 Å². The Morgan fingerprint density at radius 3 is 3.11 bits per heavy atom. The number of nitrogens with two attached hydrogens (primary N) is 1. The third-order valence-corrected chi connectivity index (χ3v) is 3.55. The second-order valence-electron chi connectivity index (χ2n) is 5.34. The molecular formula is C14H23N3O2. The van der Waals surface area contributed by atoms with Crippen LogP contribution in [0.25, 0.3) is 0 Å². The number of rotatable bonds is 5. The van der Waals surface area contributed by atoms with Gasteiger partial charge in [-0.1, -0.05) is 0 Å². The van der Waals surface area contributed by atoms with Crippen molar-refractivity contribution in [2.24, 2.45) is 5.92 Å². The zero-order valence-electron chi connectivity index (χ0n) is 11.5. The van der Waals surface area contributed by atoms with Crippen molar-refractivity contribution in [2.75, 3.05) is 39.1 Å². The van der Waals surface area contributed by atoms with Crippen LogP contribution in [0.5, 0.6) is 0 Å². The number of hydrogen-bond acceptors (Lipinski definition) is 4. The minimum absolute atomic E-state index is 0.00333. The highest BCUT2D eigenvalue weighted by Crippen LogP contribution is 2.14. The van der Waals surface area contributed by atoms with Crippen LogP contribution in [0, 0.1) is 5.92 Å². The van der Waals surface area contributed by atoms with E-state index in [0.29, 0.717) is 18.2 Å². The zero-order chi connectivity index (χ0) is 13.7. The molecule has 106 valence electrons. The largest absolute Gasteiger partial charge is 0.398 e. The van der Waals surface area contributed by atoms with Gasteiger partial charge in [0.25, 0.3) is 5.56 Å². The molecule has 0 saturated carbocycles. The van der Waals surface area contributed by atoms with Crippen LogP contribution in [0.1, 0.15) is 12.8 Å².